The monoisotopic (exact) mass is 346 g/mol. The Hall–Kier alpha value is -2.73. The van der Waals surface area contributed by atoms with Crippen LogP contribution in [0.5, 0.6) is 11.5 Å². The van der Waals surface area contributed by atoms with E-state index in [2.05, 4.69) is 5.32 Å². The van der Waals surface area contributed by atoms with Crippen LogP contribution in [0.2, 0.25) is 5.02 Å². The number of nitrogens with zero attached hydrogens (tertiary/aromatic N) is 1. The van der Waals surface area contributed by atoms with Gasteiger partial charge in [-0.2, -0.15) is 0 Å². The fourth-order valence-electron chi connectivity index (χ4n) is 2.40. The number of para-hydroxylation sites is 1. The number of carboxylic acid groups (broad SMARTS) is 1. The van der Waals surface area contributed by atoms with Crippen molar-refractivity contribution in [2.45, 2.75) is 19.5 Å². The molecule has 0 aromatic heterocycles. The van der Waals surface area contributed by atoms with Gasteiger partial charge in [0.1, 0.15) is 11.8 Å². The number of fused-ring (bicyclic) bond motifs is 2. The van der Waals surface area contributed by atoms with Gasteiger partial charge in [0.15, 0.2) is 5.75 Å². The molecule has 2 aromatic rings. The summed E-state index contributed by atoms with van der Waals surface area (Å²) in [5.41, 5.74) is 1.29. The molecule has 0 aliphatic carbocycles. The summed E-state index contributed by atoms with van der Waals surface area (Å²) in [6.45, 7) is 1.64. The highest BCUT2D eigenvalue weighted by molar-refractivity contribution is 6.31. The lowest BCUT2D eigenvalue weighted by Gasteiger charge is -2.23. The number of anilines is 1. The van der Waals surface area contributed by atoms with Crippen molar-refractivity contribution in [3.63, 3.8) is 0 Å². The Balaban J connectivity index is 2.02. The van der Waals surface area contributed by atoms with Crippen molar-refractivity contribution in [2.24, 2.45) is 0 Å². The molecule has 3 rings (SSSR count). The number of ether oxygens (including phenoxy) is 1. The van der Waals surface area contributed by atoms with Crippen LogP contribution in [0.25, 0.3) is 0 Å². The van der Waals surface area contributed by atoms with Crippen molar-refractivity contribution in [3.05, 3.63) is 53.1 Å². The highest BCUT2D eigenvalue weighted by atomic mass is 35.5. The van der Waals surface area contributed by atoms with Gasteiger partial charge in [-0.05, 0) is 31.2 Å². The van der Waals surface area contributed by atoms with Gasteiger partial charge in [0.2, 0.25) is 0 Å². The van der Waals surface area contributed by atoms with Crippen molar-refractivity contribution in [3.8, 4) is 11.5 Å². The van der Waals surface area contributed by atoms with Crippen molar-refractivity contribution in [1.29, 1.82) is 0 Å². The van der Waals surface area contributed by atoms with E-state index in [0.717, 1.165) is 5.56 Å². The number of carbonyl (C=O) groups is 2. The maximum absolute atomic E-state index is 12.6. The van der Waals surface area contributed by atoms with E-state index < -0.39 is 18.0 Å². The second kappa shape index (κ2) is 6.41. The molecule has 0 saturated carbocycles. The second-order valence-electron chi connectivity index (χ2n) is 5.42. The molecular weight excluding hydrogens is 332 g/mol. The Morgan fingerprint density at radius 3 is 2.75 bits per heavy atom. The van der Waals surface area contributed by atoms with Crippen LogP contribution in [0.3, 0.4) is 0 Å². The average Bonchev–Trinajstić information content (AvgIpc) is 2.71. The summed E-state index contributed by atoms with van der Waals surface area (Å²) in [6, 6.07) is 10.8. The Labute approximate surface area is 143 Å². The Morgan fingerprint density at radius 1 is 1.25 bits per heavy atom. The molecule has 2 N–H and O–H groups in total. The third-order valence-electron chi connectivity index (χ3n) is 3.69. The quantitative estimate of drug-likeness (QED) is 0.870. The Bertz CT molecular complexity index is 809. The maximum Gasteiger partial charge on any atom is 0.325 e. The van der Waals surface area contributed by atoms with Crippen LogP contribution >= 0.6 is 11.6 Å². The van der Waals surface area contributed by atoms with E-state index >= 15 is 0 Å². The van der Waals surface area contributed by atoms with Gasteiger partial charge >= 0.3 is 12.0 Å². The van der Waals surface area contributed by atoms with Crippen LogP contribution in [0.4, 0.5) is 10.5 Å². The minimum atomic E-state index is -1.11. The number of benzene rings is 2. The van der Waals surface area contributed by atoms with Crippen LogP contribution in [0.1, 0.15) is 12.5 Å². The third kappa shape index (κ3) is 3.14. The van der Waals surface area contributed by atoms with E-state index in [4.69, 9.17) is 21.4 Å². The number of amides is 2. The molecule has 1 aliphatic heterocycles. The molecular formula is C17H15ClN2O4. The molecule has 7 heteroatoms. The topological polar surface area (TPSA) is 78.9 Å². The zero-order valence-corrected chi connectivity index (χ0v) is 13.6. The molecule has 0 unspecified atom stereocenters. The van der Waals surface area contributed by atoms with Crippen LogP contribution in [0, 0.1) is 0 Å². The van der Waals surface area contributed by atoms with E-state index in [1.54, 1.807) is 18.2 Å². The lowest BCUT2D eigenvalue weighted by atomic mass is 10.2. The molecule has 1 atom stereocenters. The van der Waals surface area contributed by atoms with Gasteiger partial charge in [0.25, 0.3) is 0 Å². The Morgan fingerprint density at radius 2 is 2.00 bits per heavy atom. The number of nitrogens with one attached hydrogen (secondary N) is 1. The molecule has 6 nitrogen and oxygen atoms in total. The summed E-state index contributed by atoms with van der Waals surface area (Å²) < 4.78 is 5.89. The van der Waals surface area contributed by atoms with Crippen molar-refractivity contribution < 1.29 is 19.4 Å². The summed E-state index contributed by atoms with van der Waals surface area (Å²) in [5, 5.41) is 11.9. The number of carboxylic acids is 1. The third-order valence-corrected chi connectivity index (χ3v) is 3.92. The molecule has 0 spiro atoms. The first kappa shape index (κ1) is 16.1. The lowest BCUT2D eigenvalue weighted by Crippen LogP contribution is -2.46. The van der Waals surface area contributed by atoms with E-state index in [-0.39, 0.29) is 6.54 Å². The molecule has 0 radical (unpaired) electrons. The number of urea groups is 1. The van der Waals surface area contributed by atoms with Gasteiger partial charge in [-0.1, -0.05) is 29.8 Å². The number of rotatable bonds is 2. The minimum Gasteiger partial charge on any atom is -0.480 e. The van der Waals surface area contributed by atoms with Crippen LogP contribution in [-0.4, -0.2) is 23.1 Å². The highest BCUT2D eigenvalue weighted by Crippen LogP contribution is 2.40. The van der Waals surface area contributed by atoms with Gasteiger partial charge in [-0.3, -0.25) is 9.69 Å². The van der Waals surface area contributed by atoms with Crippen molar-refractivity contribution >= 4 is 29.3 Å². The number of hydrogen-bond donors (Lipinski definition) is 2. The first-order chi connectivity index (χ1) is 11.5. The number of halogens is 1. The SMILES string of the molecule is C[C@H](NC(=O)N1Cc2ccccc2Oc2ccc(Cl)cc21)C(=O)O. The van der Waals surface area contributed by atoms with Gasteiger partial charge < -0.3 is 15.2 Å². The zero-order valence-electron chi connectivity index (χ0n) is 12.8. The number of aliphatic carboxylic acids is 1. The van der Waals surface area contributed by atoms with Gasteiger partial charge in [-0.25, -0.2) is 4.79 Å². The largest absolute Gasteiger partial charge is 0.480 e. The lowest BCUT2D eigenvalue weighted by molar-refractivity contribution is -0.138. The smallest absolute Gasteiger partial charge is 0.325 e. The first-order valence-electron chi connectivity index (χ1n) is 7.32. The molecule has 0 saturated heterocycles. The van der Waals surface area contributed by atoms with E-state index in [1.165, 1.54) is 11.8 Å². The van der Waals surface area contributed by atoms with E-state index in [9.17, 15) is 9.59 Å². The highest BCUT2D eigenvalue weighted by Gasteiger charge is 2.27. The fraction of sp³-hybridized carbons (Fsp3) is 0.176. The number of carbonyl (C=O) groups excluding carboxylic acids is 1. The van der Waals surface area contributed by atoms with Crippen LogP contribution < -0.4 is 15.0 Å². The van der Waals surface area contributed by atoms with E-state index in [0.29, 0.717) is 22.2 Å². The molecule has 24 heavy (non-hydrogen) atoms. The zero-order chi connectivity index (χ0) is 17.3. The van der Waals surface area contributed by atoms with E-state index in [1.807, 2.05) is 24.3 Å². The maximum atomic E-state index is 12.6. The summed E-state index contributed by atoms with van der Waals surface area (Å²) >= 11 is 6.06. The summed E-state index contributed by atoms with van der Waals surface area (Å²) in [7, 11) is 0. The van der Waals surface area contributed by atoms with Gasteiger partial charge in [0.05, 0.1) is 12.2 Å². The molecule has 0 bridgehead atoms. The van der Waals surface area contributed by atoms with Gasteiger partial charge in [-0.15, -0.1) is 0 Å². The Kier molecular flexibility index (Phi) is 4.31. The molecule has 2 aromatic carbocycles. The van der Waals surface area contributed by atoms with Crippen LogP contribution in [-0.2, 0) is 11.3 Å². The molecule has 0 fully saturated rings. The molecule has 124 valence electrons. The van der Waals surface area contributed by atoms with Crippen molar-refractivity contribution in [1.82, 2.24) is 5.32 Å². The molecule has 1 aliphatic rings. The minimum absolute atomic E-state index is 0.238. The fourth-order valence-corrected chi connectivity index (χ4v) is 2.57. The average molecular weight is 347 g/mol. The number of hydrogen-bond acceptors (Lipinski definition) is 3. The summed E-state index contributed by atoms with van der Waals surface area (Å²) in [5.74, 6) is 0.00581. The molecule has 1 heterocycles. The predicted molar refractivity (Wildman–Crippen MR) is 89.8 cm³/mol. The first-order valence-corrected chi connectivity index (χ1v) is 7.69. The normalized spacial score (nSPS) is 13.8. The molecule has 2 amide bonds. The summed E-state index contributed by atoms with van der Waals surface area (Å²) in [6.07, 6.45) is 0. The standard InChI is InChI=1S/C17H15ClN2O4/c1-10(16(21)22)19-17(23)20-9-11-4-2-3-5-14(11)24-15-7-6-12(18)8-13(15)20/h2-8,10H,9H2,1H3,(H,19,23)(H,21,22)/t10-/m0/s1. The predicted octanol–water partition coefficient (Wildman–Crippen LogP) is 3.64. The van der Waals surface area contributed by atoms with Crippen LogP contribution in [0.15, 0.2) is 42.5 Å². The van der Waals surface area contributed by atoms with Crippen molar-refractivity contribution in [2.75, 3.05) is 4.90 Å². The second-order valence-corrected chi connectivity index (χ2v) is 5.85. The summed E-state index contributed by atoms with van der Waals surface area (Å²) in [4.78, 5) is 25.0. The van der Waals surface area contributed by atoms with Gasteiger partial charge in [0, 0.05) is 10.6 Å².